The zero-order valence-electron chi connectivity index (χ0n) is 17.2. The van der Waals surface area contributed by atoms with Crippen LogP contribution in [0.3, 0.4) is 0 Å². The van der Waals surface area contributed by atoms with Crippen LogP contribution in [0.4, 0.5) is 27.6 Å². The third-order valence-electron chi connectivity index (χ3n) is 5.24. The van der Waals surface area contributed by atoms with Gasteiger partial charge in [-0.25, -0.2) is 13.6 Å². The number of amides is 2. The van der Waals surface area contributed by atoms with Crippen molar-refractivity contribution >= 4 is 35.1 Å². The molecule has 1 atom stereocenters. The Bertz CT molecular complexity index is 1390. The van der Waals surface area contributed by atoms with Gasteiger partial charge in [0.15, 0.2) is 0 Å². The van der Waals surface area contributed by atoms with E-state index >= 15 is 0 Å². The average molecular weight is 514 g/mol. The summed E-state index contributed by atoms with van der Waals surface area (Å²) in [6.45, 7) is -0.478. The van der Waals surface area contributed by atoms with Gasteiger partial charge in [-0.05, 0) is 42.5 Å². The van der Waals surface area contributed by atoms with Crippen molar-refractivity contribution in [2.45, 2.75) is 18.8 Å². The number of carboxylic acid groups (broad SMARTS) is 1. The minimum absolute atomic E-state index is 0.0143. The van der Waals surface area contributed by atoms with Crippen LogP contribution in [-0.4, -0.2) is 27.5 Å². The highest BCUT2D eigenvalue weighted by Crippen LogP contribution is 2.38. The smallest absolute Gasteiger partial charge is 0.416 e. The monoisotopic (exact) mass is 513 g/mol. The first-order chi connectivity index (χ1) is 16.3. The Balaban J connectivity index is 1.83. The number of aromatic carboxylic acids is 1. The van der Waals surface area contributed by atoms with Gasteiger partial charge in [0.25, 0.3) is 5.91 Å². The number of fused-ring (bicyclic) bond motifs is 1. The minimum atomic E-state index is -4.92. The van der Waals surface area contributed by atoms with E-state index in [2.05, 4.69) is 10.6 Å². The van der Waals surface area contributed by atoms with Gasteiger partial charge < -0.3 is 20.3 Å². The molecule has 0 aliphatic carbocycles. The molecule has 0 spiro atoms. The zero-order chi connectivity index (χ0) is 25.7. The molecule has 3 N–H and O–H groups in total. The van der Waals surface area contributed by atoms with Gasteiger partial charge in [-0.2, -0.15) is 13.2 Å². The number of carbonyl (C=O) groups excluding carboxylic acids is 2. The Hall–Kier alpha value is -3.93. The van der Waals surface area contributed by atoms with Crippen molar-refractivity contribution in [2.24, 2.45) is 0 Å². The van der Waals surface area contributed by atoms with Crippen LogP contribution in [0, 0.1) is 11.6 Å². The number of benzene rings is 2. The summed E-state index contributed by atoms with van der Waals surface area (Å²) < 4.78 is 67.9. The second kappa shape index (κ2) is 8.69. The van der Waals surface area contributed by atoms with E-state index in [1.807, 2.05) is 0 Å². The molecule has 1 aliphatic heterocycles. The minimum Gasteiger partial charge on any atom is -0.477 e. The lowest BCUT2D eigenvalue weighted by atomic mass is 10.0. The number of hydrogen-bond donors (Lipinski definition) is 3. The van der Waals surface area contributed by atoms with Crippen LogP contribution in [0.25, 0.3) is 0 Å². The van der Waals surface area contributed by atoms with E-state index in [0.29, 0.717) is 12.1 Å². The van der Waals surface area contributed by atoms with Gasteiger partial charge in [0.1, 0.15) is 23.9 Å². The quantitative estimate of drug-likeness (QED) is 0.444. The standard InChI is InChI=1S/C22H13ClF5N3O4/c23-14-2-1-11(24)6-13(14)18-19-15(7-16(21(34)35)31(19)8-17(32)30-18)29-20(33)9-3-10(22(26,27)28)5-12(25)4-9/h1-7,18H,8H2,(H,29,33)(H,30,32)(H,34,35). The number of halogens is 6. The van der Waals surface area contributed by atoms with Gasteiger partial charge in [-0.3, -0.25) is 9.59 Å². The van der Waals surface area contributed by atoms with Crippen molar-refractivity contribution in [1.82, 2.24) is 9.88 Å². The first kappa shape index (κ1) is 24.2. The first-order valence-electron chi connectivity index (χ1n) is 9.75. The lowest BCUT2D eigenvalue weighted by molar-refractivity contribution is -0.137. The van der Waals surface area contributed by atoms with Gasteiger partial charge in [0.2, 0.25) is 5.91 Å². The third kappa shape index (κ3) is 4.69. The number of carboxylic acids is 1. The molecule has 3 aromatic rings. The van der Waals surface area contributed by atoms with Crippen LogP contribution in [-0.2, 0) is 17.5 Å². The Morgan fingerprint density at radius 3 is 2.46 bits per heavy atom. The lowest BCUT2D eigenvalue weighted by Crippen LogP contribution is -2.40. The number of carbonyl (C=O) groups is 3. The SMILES string of the molecule is O=C1Cn2c(C(=O)O)cc(NC(=O)c3cc(F)cc(C(F)(F)F)c3)c2C(c2cc(F)ccc2Cl)N1. The number of hydrogen-bond acceptors (Lipinski definition) is 3. The zero-order valence-corrected chi connectivity index (χ0v) is 18.0. The number of anilines is 1. The molecule has 2 heterocycles. The van der Waals surface area contributed by atoms with Crippen LogP contribution in [0.1, 0.15) is 43.7 Å². The molecule has 7 nitrogen and oxygen atoms in total. The van der Waals surface area contributed by atoms with Crippen LogP contribution in [0.5, 0.6) is 0 Å². The molecular formula is C22H13ClF5N3O4. The highest BCUT2D eigenvalue weighted by molar-refractivity contribution is 6.31. The first-order valence-corrected chi connectivity index (χ1v) is 10.1. The molecule has 1 unspecified atom stereocenters. The normalized spacial score (nSPS) is 15.4. The number of rotatable bonds is 4. The summed E-state index contributed by atoms with van der Waals surface area (Å²) in [5.41, 5.74) is -2.71. The number of alkyl halides is 3. The van der Waals surface area contributed by atoms with Crippen LogP contribution < -0.4 is 10.6 Å². The number of nitrogens with one attached hydrogen (secondary N) is 2. The second-order valence-corrected chi connectivity index (χ2v) is 7.97. The van der Waals surface area contributed by atoms with Crippen molar-refractivity contribution in [3.63, 3.8) is 0 Å². The summed E-state index contributed by atoms with van der Waals surface area (Å²) in [7, 11) is 0. The summed E-state index contributed by atoms with van der Waals surface area (Å²) in [6.07, 6.45) is -4.92. The Morgan fingerprint density at radius 1 is 1.09 bits per heavy atom. The second-order valence-electron chi connectivity index (χ2n) is 7.57. The van der Waals surface area contributed by atoms with Gasteiger partial charge >= 0.3 is 12.1 Å². The maximum Gasteiger partial charge on any atom is 0.416 e. The summed E-state index contributed by atoms with van der Waals surface area (Å²) in [6, 6.07) is 4.27. The van der Waals surface area contributed by atoms with E-state index in [4.69, 9.17) is 11.6 Å². The van der Waals surface area contributed by atoms with Crippen molar-refractivity contribution in [2.75, 3.05) is 5.32 Å². The van der Waals surface area contributed by atoms with Crippen LogP contribution >= 0.6 is 11.6 Å². The molecule has 0 bridgehead atoms. The molecule has 35 heavy (non-hydrogen) atoms. The fourth-order valence-corrected chi connectivity index (χ4v) is 4.01. The molecule has 2 amide bonds. The van der Waals surface area contributed by atoms with E-state index in [0.717, 1.165) is 22.8 Å². The molecule has 2 aromatic carbocycles. The summed E-state index contributed by atoms with van der Waals surface area (Å²) in [5, 5.41) is 14.4. The van der Waals surface area contributed by atoms with Crippen molar-refractivity contribution in [3.05, 3.63) is 87.2 Å². The topological polar surface area (TPSA) is 100 Å². The van der Waals surface area contributed by atoms with Gasteiger partial charge in [-0.15, -0.1) is 0 Å². The Morgan fingerprint density at radius 2 is 1.80 bits per heavy atom. The molecule has 1 aromatic heterocycles. The van der Waals surface area contributed by atoms with Crippen molar-refractivity contribution in [1.29, 1.82) is 0 Å². The largest absolute Gasteiger partial charge is 0.477 e. The lowest BCUT2D eigenvalue weighted by Gasteiger charge is -2.29. The van der Waals surface area contributed by atoms with Crippen LogP contribution in [0.2, 0.25) is 5.02 Å². The highest BCUT2D eigenvalue weighted by atomic mass is 35.5. The van der Waals surface area contributed by atoms with Gasteiger partial charge in [-0.1, -0.05) is 11.6 Å². The molecule has 4 rings (SSSR count). The fraction of sp³-hybridized carbons (Fsp3) is 0.136. The molecule has 1 aliphatic rings. The molecule has 0 fully saturated rings. The summed E-state index contributed by atoms with van der Waals surface area (Å²) in [4.78, 5) is 36.9. The van der Waals surface area contributed by atoms with E-state index < -0.39 is 65.0 Å². The molecule has 182 valence electrons. The fourth-order valence-electron chi connectivity index (χ4n) is 3.78. The number of nitrogens with zero attached hydrogens (tertiary/aromatic N) is 1. The number of aromatic nitrogens is 1. The molecule has 0 saturated heterocycles. The predicted octanol–water partition coefficient (Wildman–Crippen LogP) is 4.61. The van der Waals surface area contributed by atoms with E-state index in [1.54, 1.807) is 0 Å². The van der Waals surface area contributed by atoms with Gasteiger partial charge in [0, 0.05) is 16.1 Å². The van der Waals surface area contributed by atoms with Crippen LogP contribution in [0.15, 0.2) is 42.5 Å². The molecular weight excluding hydrogens is 501 g/mol. The maximum absolute atomic E-state index is 13.9. The Labute approximate surface area is 198 Å². The average Bonchev–Trinajstić information content (AvgIpc) is 3.12. The van der Waals surface area contributed by atoms with E-state index in [9.17, 15) is 41.4 Å². The summed E-state index contributed by atoms with van der Waals surface area (Å²) >= 11 is 6.17. The van der Waals surface area contributed by atoms with Gasteiger partial charge in [0.05, 0.1) is 23.0 Å². The van der Waals surface area contributed by atoms with Crippen molar-refractivity contribution in [3.8, 4) is 0 Å². The predicted molar refractivity (Wildman–Crippen MR) is 112 cm³/mol. The highest BCUT2D eigenvalue weighted by Gasteiger charge is 2.35. The Kier molecular flexibility index (Phi) is 6.01. The van der Waals surface area contributed by atoms with E-state index in [1.165, 1.54) is 6.07 Å². The van der Waals surface area contributed by atoms with Crippen molar-refractivity contribution < 1.29 is 41.4 Å². The molecule has 13 heteroatoms. The summed E-state index contributed by atoms with van der Waals surface area (Å²) in [5.74, 6) is -5.33. The molecule has 0 saturated carbocycles. The maximum atomic E-state index is 13.9. The van der Waals surface area contributed by atoms with E-state index in [-0.39, 0.29) is 28.0 Å². The molecule has 0 radical (unpaired) electrons. The third-order valence-corrected chi connectivity index (χ3v) is 5.59.